The van der Waals surface area contributed by atoms with Crippen LogP contribution in [-0.4, -0.2) is 57.4 Å². The fraction of sp³-hybridized carbons (Fsp3) is 0.688. The predicted molar refractivity (Wildman–Crippen MR) is 89.7 cm³/mol. The van der Waals surface area contributed by atoms with Crippen molar-refractivity contribution in [1.29, 1.82) is 0 Å². The molecule has 0 radical (unpaired) electrons. The Morgan fingerprint density at radius 2 is 2.26 bits per heavy atom. The van der Waals surface area contributed by atoms with Crippen LogP contribution < -0.4 is 0 Å². The first-order chi connectivity index (χ1) is 10.9. The largest absolute Gasteiger partial charge is 0.381 e. The van der Waals surface area contributed by atoms with Crippen LogP contribution in [0, 0.1) is 5.92 Å². The zero-order valence-electron chi connectivity index (χ0n) is 13.4. The molecule has 2 saturated heterocycles. The molecule has 1 aromatic heterocycles. The van der Waals surface area contributed by atoms with Crippen molar-refractivity contribution in [3.8, 4) is 0 Å². The van der Waals surface area contributed by atoms with E-state index in [0.29, 0.717) is 16.6 Å². The van der Waals surface area contributed by atoms with Crippen LogP contribution in [0.4, 0.5) is 0 Å². The minimum absolute atomic E-state index is 0.146. The van der Waals surface area contributed by atoms with E-state index in [4.69, 9.17) is 16.3 Å². The second-order valence-corrected chi connectivity index (χ2v) is 9.06. The molecule has 128 valence electrons. The van der Waals surface area contributed by atoms with E-state index in [9.17, 15) is 8.42 Å². The molecule has 5 nitrogen and oxygen atoms in total. The zero-order chi connectivity index (χ0) is 16.4. The van der Waals surface area contributed by atoms with Gasteiger partial charge in [0.25, 0.3) is 0 Å². The van der Waals surface area contributed by atoms with Crippen molar-refractivity contribution in [3.05, 3.63) is 23.0 Å². The van der Waals surface area contributed by atoms with Crippen molar-refractivity contribution in [2.45, 2.75) is 30.1 Å². The van der Waals surface area contributed by atoms with Gasteiger partial charge >= 0.3 is 0 Å². The van der Waals surface area contributed by atoms with Gasteiger partial charge in [0.2, 0.25) is 0 Å². The van der Waals surface area contributed by atoms with Crippen LogP contribution in [-0.2, 0) is 14.6 Å². The summed E-state index contributed by atoms with van der Waals surface area (Å²) >= 11 is 5.95. The zero-order valence-corrected chi connectivity index (χ0v) is 14.9. The summed E-state index contributed by atoms with van der Waals surface area (Å²) in [6, 6.07) is 1.53. The number of halogens is 1. The highest BCUT2D eigenvalue weighted by atomic mass is 35.5. The molecule has 0 aromatic carbocycles. The predicted octanol–water partition coefficient (Wildman–Crippen LogP) is 2.35. The van der Waals surface area contributed by atoms with Crippen molar-refractivity contribution in [2.75, 3.05) is 39.1 Å². The molecule has 23 heavy (non-hydrogen) atoms. The lowest BCUT2D eigenvalue weighted by molar-refractivity contribution is 0.149. The van der Waals surface area contributed by atoms with Crippen molar-refractivity contribution < 1.29 is 13.2 Å². The van der Waals surface area contributed by atoms with Gasteiger partial charge in [0.05, 0.1) is 22.2 Å². The number of aromatic nitrogens is 1. The number of likely N-dealkylation sites (tertiary alicyclic amines) is 1. The van der Waals surface area contributed by atoms with E-state index in [-0.39, 0.29) is 10.8 Å². The lowest BCUT2D eigenvalue weighted by Crippen LogP contribution is -2.38. The van der Waals surface area contributed by atoms with E-state index in [1.165, 1.54) is 12.3 Å². The van der Waals surface area contributed by atoms with Gasteiger partial charge in [0.15, 0.2) is 9.84 Å². The maximum atomic E-state index is 12.1. The lowest BCUT2D eigenvalue weighted by atomic mass is 9.93. The van der Waals surface area contributed by atoms with E-state index in [1.54, 1.807) is 6.20 Å². The third-order valence-corrected chi connectivity index (χ3v) is 6.01. The molecule has 2 aliphatic heterocycles. The van der Waals surface area contributed by atoms with Gasteiger partial charge in [0, 0.05) is 38.1 Å². The molecule has 0 unspecified atom stereocenters. The molecule has 2 aliphatic rings. The van der Waals surface area contributed by atoms with E-state index < -0.39 is 9.84 Å². The first-order valence-electron chi connectivity index (χ1n) is 8.09. The molecule has 3 heterocycles. The first-order valence-corrected chi connectivity index (χ1v) is 10.4. The molecule has 0 bridgehead atoms. The quantitative estimate of drug-likeness (QED) is 0.826. The molecule has 1 aromatic rings. The maximum absolute atomic E-state index is 12.1. The molecule has 2 fully saturated rings. The molecule has 0 spiro atoms. The van der Waals surface area contributed by atoms with Crippen molar-refractivity contribution in [1.82, 2.24) is 9.88 Å². The first kappa shape index (κ1) is 17.1. The van der Waals surface area contributed by atoms with Crippen LogP contribution in [0.5, 0.6) is 0 Å². The van der Waals surface area contributed by atoms with E-state index in [0.717, 1.165) is 52.1 Å². The van der Waals surface area contributed by atoms with Crippen LogP contribution >= 0.6 is 11.6 Å². The number of sulfone groups is 1. The highest BCUT2D eigenvalue weighted by molar-refractivity contribution is 7.90. The normalized spacial score (nSPS) is 26.5. The Labute approximate surface area is 142 Å². The number of hydrogen-bond donors (Lipinski definition) is 0. The number of ether oxygens (including phenoxy) is 1. The van der Waals surface area contributed by atoms with Crippen LogP contribution in [0.15, 0.2) is 17.2 Å². The van der Waals surface area contributed by atoms with Gasteiger partial charge in [-0.05, 0) is 37.8 Å². The summed E-state index contributed by atoms with van der Waals surface area (Å²) in [5.74, 6) is 0.745. The minimum atomic E-state index is -3.33. The Balaban J connectivity index is 1.78. The van der Waals surface area contributed by atoms with Crippen LogP contribution in [0.25, 0.3) is 0 Å². The SMILES string of the molecule is CS(=O)(=O)c1cc(Cl)cnc1[C@H]1CCCN(C[C@H]2CCOC2)C1. The highest BCUT2D eigenvalue weighted by Crippen LogP contribution is 2.32. The summed E-state index contributed by atoms with van der Waals surface area (Å²) in [4.78, 5) is 7.08. The standard InChI is InChI=1S/C16H23ClN2O3S/c1-23(20,21)15-7-14(17)8-18-16(15)13-3-2-5-19(10-13)9-12-4-6-22-11-12/h7-8,12-13H,2-6,9-11H2,1H3/t12-,13+/m1/s1. The van der Waals surface area contributed by atoms with Gasteiger partial charge in [-0.3, -0.25) is 4.98 Å². The van der Waals surface area contributed by atoms with Gasteiger partial charge in [-0.15, -0.1) is 0 Å². The topological polar surface area (TPSA) is 59.5 Å². The Hall–Kier alpha value is -0.690. The number of piperidine rings is 1. The van der Waals surface area contributed by atoms with Gasteiger partial charge in [-0.2, -0.15) is 0 Å². The summed E-state index contributed by atoms with van der Waals surface area (Å²) in [6.45, 7) is 4.65. The van der Waals surface area contributed by atoms with Gasteiger partial charge < -0.3 is 9.64 Å². The summed E-state index contributed by atoms with van der Waals surface area (Å²) < 4.78 is 29.6. The van der Waals surface area contributed by atoms with Crippen molar-refractivity contribution in [2.24, 2.45) is 5.92 Å². The average Bonchev–Trinajstić information content (AvgIpc) is 2.99. The molecule has 0 amide bonds. The van der Waals surface area contributed by atoms with Crippen LogP contribution in [0.1, 0.15) is 30.9 Å². The molecule has 2 atom stereocenters. The minimum Gasteiger partial charge on any atom is -0.381 e. The van der Waals surface area contributed by atoms with E-state index in [1.807, 2.05) is 0 Å². The highest BCUT2D eigenvalue weighted by Gasteiger charge is 2.29. The van der Waals surface area contributed by atoms with Gasteiger partial charge in [-0.25, -0.2) is 8.42 Å². The number of hydrogen-bond acceptors (Lipinski definition) is 5. The smallest absolute Gasteiger partial charge is 0.177 e. The summed E-state index contributed by atoms with van der Waals surface area (Å²) in [6.07, 6.45) is 5.92. The third kappa shape index (κ3) is 4.24. The van der Waals surface area contributed by atoms with Gasteiger partial charge in [-0.1, -0.05) is 11.6 Å². The number of nitrogens with zero attached hydrogens (tertiary/aromatic N) is 2. The van der Waals surface area contributed by atoms with Crippen LogP contribution in [0.2, 0.25) is 5.02 Å². The maximum Gasteiger partial charge on any atom is 0.177 e. The van der Waals surface area contributed by atoms with E-state index >= 15 is 0 Å². The van der Waals surface area contributed by atoms with Crippen LogP contribution in [0.3, 0.4) is 0 Å². The summed E-state index contributed by atoms with van der Waals surface area (Å²) in [7, 11) is -3.33. The molecular formula is C16H23ClN2O3S. The average molecular weight is 359 g/mol. The second kappa shape index (κ2) is 7.05. The van der Waals surface area contributed by atoms with E-state index in [2.05, 4.69) is 9.88 Å². The third-order valence-electron chi connectivity index (χ3n) is 4.68. The Kier molecular flexibility index (Phi) is 5.26. The second-order valence-electron chi connectivity index (χ2n) is 6.64. The number of pyridine rings is 1. The monoisotopic (exact) mass is 358 g/mol. The fourth-order valence-electron chi connectivity index (χ4n) is 3.57. The van der Waals surface area contributed by atoms with Gasteiger partial charge in [0.1, 0.15) is 0 Å². The molecular weight excluding hydrogens is 336 g/mol. The molecule has 7 heteroatoms. The Morgan fingerprint density at radius 3 is 2.96 bits per heavy atom. The van der Waals surface area contributed by atoms with Crippen molar-refractivity contribution >= 4 is 21.4 Å². The van der Waals surface area contributed by atoms with Crippen molar-refractivity contribution in [3.63, 3.8) is 0 Å². The molecule has 3 rings (SSSR count). The lowest BCUT2D eigenvalue weighted by Gasteiger charge is -2.34. The Morgan fingerprint density at radius 1 is 1.43 bits per heavy atom. The molecule has 0 saturated carbocycles. The summed E-state index contributed by atoms with van der Waals surface area (Å²) in [5, 5.41) is 0.366. The summed E-state index contributed by atoms with van der Waals surface area (Å²) in [5.41, 5.74) is 0.671. The number of rotatable bonds is 4. The Bertz CT molecular complexity index is 659. The molecule has 0 aliphatic carbocycles. The molecule has 0 N–H and O–H groups in total. The fourth-order valence-corrected chi connectivity index (χ4v) is 4.73.